The summed E-state index contributed by atoms with van der Waals surface area (Å²) in [6.07, 6.45) is 0. The van der Waals surface area contributed by atoms with Gasteiger partial charge in [-0.1, -0.05) is 54.1 Å². The normalized spacial score (nSPS) is 20.7. The Bertz CT molecular complexity index is 1470. The van der Waals surface area contributed by atoms with Gasteiger partial charge >= 0.3 is 0 Å². The summed E-state index contributed by atoms with van der Waals surface area (Å²) in [5.74, 6) is 0.924. The number of hydrogen-bond donors (Lipinski definition) is 1. The van der Waals surface area contributed by atoms with Gasteiger partial charge in [0.25, 0.3) is 0 Å². The van der Waals surface area contributed by atoms with Crippen molar-refractivity contribution in [3.63, 3.8) is 0 Å². The van der Waals surface area contributed by atoms with Gasteiger partial charge in [-0.15, -0.1) is 0 Å². The van der Waals surface area contributed by atoms with Gasteiger partial charge in [0.1, 0.15) is 11.3 Å². The summed E-state index contributed by atoms with van der Waals surface area (Å²) >= 11 is 6.86. The number of fused-ring (bicyclic) bond motifs is 2. The Balaban J connectivity index is 1.55. The van der Waals surface area contributed by atoms with Crippen molar-refractivity contribution in [3.05, 3.63) is 59.4 Å². The number of piperazine rings is 1. The number of aromatic nitrogens is 2. The molecule has 2 aliphatic rings. The number of hydrogen-bond acceptors (Lipinski definition) is 6. The highest BCUT2D eigenvalue weighted by molar-refractivity contribution is 6.35. The second-order valence-electron chi connectivity index (χ2n) is 10.7. The van der Waals surface area contributed by atoms with Gasteiger partial charge in [0.2, 0.25) is 5.95 Å². The molecule has 0 bridgehead atoms. The molecule has 2 atom stereocenters. The molecule has 4 aromatic rings. The van der Waals surface area contributed by atoms with Gasteiger partial charge in [-0.3, -0.25) is 0 Å². The average Bonchev–Trinajstić information content (AvgIpc) is 2.82. The molecule has 1 aromatic heterocycles. The van der Waals surface area contributed by atoms with Crippen molar-refractivity contribution < 1.29 is 4.39 Å². The zero-order valence-electron chi connectivity index (χ0n) is 21.7. The Morgan fingerprint density at radius 2 is 1.62 bits per heavy atom. The summed E-state index contributed by atoms with van der Waals surface area (Å²) in [5, 5.41) is 6.60. The minimum Gasteiger partial charge on any atom is -0.353 e. The first-order valence-electron chi connectivity index (χ1n) is 12.9. The minimum atomic E-state index is -0.398. The molecule has 1 N–H and O–H groups in total. The van der Waals surface area contributed by atoms with Crippen LogP contribution in [0.15, 0.2) is 48.5 Å². The van der Waals surface area contributed by atoms with Crippen molar-refractivity contribution in [2.75, 3.05) is 50.1 Å². The molecule has 8 heteroatoms. The van der Waals surface area contributed by atoms with Gasteiger partial charge in [0.05, 0.1) is 5.02 Å². The summed E-state index contributed by atoms with van der Waals surface area (Å²) in [5.41, 5.74) is 1.48. The fraction of sp³-hybridized carbons (Fsp3) is 0.379. The number of halogens is 2. The van der Waals surface area contributed by atoms with Gasteiger partial charge in [-0.25, -0.2) is 9.37 Å². The first-order valence-corrected chi connectivity index (χ1v) is 13.3. The summed E-state index contributed by atoms with van der Waals surface area (Å²) in [4.78, 5) is 16.4. The topological polar surface area (TPSA) is 47.5 Å². The third-order valence-electron chi connectivity index (χ3n) is 7.64. The molecule has 0 amide bonds. The van der Waals surface area contributed by atoms with Crippen molar-refractivity contribution >= 4 is 45.0 Å². The molecule has 0 saturated carbocycles. The fourth-order valence-electron chi connectivity index (χ4n) is 5.69. The molecule has 2 aliphatic heterocycles. The SMILES string of the molecule is CC1CN(c2nc(N3CC(N(C)C)C3)nc3c(F)c(-c4cccc5ccccc45)c(Cl)cc23)C[C@H](C)N1. The van der Waals surface area contributed by atoms with E-state index in [4.69, 9.17) is 21.6 Å². The van der Waals surface area contributed by atoms with E-state index in [0.717, 1.165) is 48.3 Å². The molecular weight excluding hydrogens is 487 g/mol. The maximum Gasteiger partial charge on any atom is 0.228 e. The molecule has 3 heterocycles. The Morgan fingerprint density at radius 3 is 2.35 bits per heavy atom. The van der Waals surface area contributed by atoms with Crippen LogP contribution in [0.1, 0.15) is 13.8 Å². The Hall–Kier alpha value is -3.00. The second kappa shape index (κ2) is 9.39. The van der Waals surface area contributed by atoms with Crippen molar-refractivity contribution in [1.29, 1.82) is 0 Å². The van der Waals surface area contributed by atoms with E-state index >= 15 is 4.39 Å². The summed E-state index contributed by atoms with van der Waals surface area (Å²) in [6, 6.07) is 16.8. The monoisotopic (exact) mass is 518 g/mol. The van der Waals surface area contributed by atoms with E-state index in [1.165, 1.54) is 0 Å². The second-order valence-corrected chi connectivity index (χ2v) is 11.1. The lowest BCUT2D eigenvalue weighted by Gasteiger charge is -2.43. The van der Waals surface area contributed by atoms with Gasteiger partial charge in [0, 0.05) is 55.3 Å². The van der Waals surface area contributed by atoms with Gasteiger partial charge in [-0.05, 0) is 50.3 Å². The molecule has 2 fully saturated rings. The largest absolute Gasteiger partial charge is 0.353 e. The smallest absolute Gasteiger partial charge is 0.228 e. The van der Waals surface area contributed by atoms with Crippen LogP contribution >= 0.6 is 11.6 Å². The third-order valence-corrected chi connectivity index (χ3v) is 7.94. The lowest BCUT2D eigenvalue weighted by molar-refractivity contribution is 0.245. The van der Waals surface area contributed by atoms with E-state index in [9.17, 15) is 0 Å². The van der Waals surface area contributed by atoms with Crippen LogP contribution in [0.5, 0.6) is 0 Å². The van der Waals surface area contributed by atoms with Crippen LogP contribution in [-0.2, 0) is 0 Å². The number of anilines is 2. The van der Waals surface area contributed by atoms with E-state index < -0.39 is 5.82 Å². The summed E-state index contributed by atoms with van der Waals surface area (Å²) in [7, 11) is 4.16. The zero-order chi connectivity index (χ0) is 25.8. The van der Waals surface area contributed by atoms with E-state index in [1.54, 1.807) is 0 Å². The maximum atomic E-state index is 16.6. The third kappa shape index (κ3) is 4.29. The molecule has 0 radical (unpaired) electrons. The van der Waals surface area contributed by atoms with Crippen LogP contribution in [-0.4, -0.2) is 73.3 Å². The van der Waals surface area contributed by atoms with Crippen LogP contribution in [0, 0.1) is 5.82 Å². The number of rotatable bonds is 4. The molecule has 37 heavy (non-hydrogen) atoms. The Labute approximate surface area is 222 Å². The standard InChI is InChI=1S/C29H32ClFN6/c1-17-13-36(14-18(2)32-17)28-23-12-24(30)25(22-11-7-9-19-8-5-6-10-21(19)22)26(31)27(23)33-29(34-28)37-15-20(16-37)35(3)4/h5-12,17-18,20,32H,13-16H2,1-4H3/t17-,18?/m0/s1. The van der Waals surface area contributed by atoms with Gasteiger partial charge in [-0.2, -0.15) is 4.98 Å². The molecular formula is C29H32ClFN6. The van der Waals surface area contributed by atoms with Crippen molar-refractivity contribution in [3.8, 4) is 11.1 Å². The van der Waals surface area contributed by atoms with Crippen LogP contribution in [0.3, 0.4) is 0 Å². The molecule has 0 spiro atoms. The van der Waals surface area contributed by atoms with Crippen molar-refractivity contribution in [2.45, 2.75) is 32.0 Å². The first-order chi connectivity index (χ1) is 17.8. The predicted molar refractivity (Wildman–Crippen MR) is 151 cm³/mol. The molecule has 3 aromatic carbocycles. The summed E-state index contributed by atoms with van der Waals surface area (Å²) in [6.45, 7) is 7.52. The fourth-order valence-corrected chi connectivity index (χ4v) is 5.98. The Morgan fingerprint density at radius 1 is 0.919 bits per heavy atom. The highest BCUT2D eigenvalue weighted by Gasteiger charge is 2.33. The van der Waals surface area contributed by atoms with Crippen molar-refractivity contribution in [1.82, 2.24) is 20.2 Å². The van der Waals surface area contributed by atoms with E-state index in [2.05, 4.69) is 48.0 Å². The highest BCUT2D eigenvalue weighted by Crippen LogP contribution is 2.41. The predicted octanol–water partition coefficient (Wildman–Crippen LogP) is 5.18. The summed E-state index contributed by atoms with van der Waals surface area (Å²) < 4.78 is 16.6. The lowest BCUT2D eigenvalue weighted by atomic mass is 9.96. The molecule has 6 nitrogen and oxygen atoms in total. The molecule has 0 aliphatic carbocycles. The number of nitrogens with one attached hydrogen (secondary N) is 1. The minimum absolute atomic E-state index is 0.287. The Kier molecular flexibility index (Phi) is 6.18. The van der Waals surface area contributed by atoms with Crippen LogP contribution in [0.4, 0.5) is 16.2 Å². The molecule has 192 valence electrons. The van der Waals surface area contributed by atoms with Crippen LogP contribution < -0.4 is 15.1 Å². The van der Waals surface area contributed by atoms with Crippen LogP contribution in [0.2, 0.25) is 5.02 Å². The molecule has 2 saturated heterocycles. The van der Waals surface area contributed by atoms with Gasteiger partial charge in [0.15, 0.2) is 5.82 Å². The number of nitrogens with zero attached hydrogens (tertiary/aromatic N) is 5. The van der Waals surface area contributed by atoms with E-state index in [0.29, 0.717) is 33.5 Å². The lowest BCUT2D eigenvalue weighted by Crippen LogP contribution is -2.58. The first kappa shape index (κ1) is 24.3. The maximum absolute atomic E-state index is 16.6. The van der Waals surface area contributed by atoms with Gasteiger partial charge < -0.3 is 20.0 Å². The van der Waals surface area contributed by atoms with E-state index in [-0.39, 0.29) is 12.1 Å². The number of likely N-dealkylation sites (N-methyl/N-ethyl adjacent to an activating group) is 1. The van der Waals surface area contributed by atoms with Crippen LogP contribution in [0.25, 0.3) is 32.8 Å². The molecule has 6 rings (SSSR count). The van der Waals surface area contributed by atoms with E-state index in [1.807, 2.05) is 48.5 Å². The quantitative estimate of drug-likeness (QED) is 0.402. The highest BCUT2D eigenvalue weighted by atomic mass is 35.5. The molecule has 1 unspecified atom stereocenters. The number of benzene rings is 3. The average molecular weight is 519 g/mol. The zero-order valence-corrected chi connectivity index (χ0v) is 22.4. The van der Waals surface area contributed by atoms with Crippen molar-refractivity contribution in [2.24, 2.45) is 0 Å².